The molecular formula is C16H25NO4. The Morgan fingerprint density at radius 2 is 1.95 bits per heavy atom. The van der Waals surface area contributed by atoms with Gasteiger partial charge in [-0.25, -0.2) is 0 Å². The summed E-state index contributed by atoms with van der Waals surface area (Å²) in [5, 5.41) is 36.8. The number of quaternary nitrogens is 1. The predicted octanol–water partition coefficient (Wildman–Crippen LogP) is 0.917. The molecule has 2 N–H and O–H groups in total. The lowest BCUT2D eigenvalue weighted by Gasteiger charge is -2.81. The molecule has 5 bridgehead atoms. The van der Waals surface area contributed by atoms with Crippen LogP contribution in [0.3, 0.4) is 0 Å². The maximum Gasteiger partial charge on any atom is 0.175 e. The maximum absolute atomic E-state index is 13.7. The Hall–Kier alpha value is -0.200. The van der Waals surface area contributed by atoms with Crippen molar-refractivity contribution in [3.63, 3.8) is 0 Å². The predicted molar refractivity (Wildman–Crippen MR) is 75.0 cm³/mol. The van der Waals surface area contributed by atoms with E-state index in [1.807, 2.05) is 0 Å². The van der Waals surface area contributed by atoms with Gasteiger partial charge in [-0.2, -0.15) is 0 Å². The van der Waals surface area contributed by atoms with Crippen molar-refractivity contribution >= 4 is 0 Å². The van der Waals surface area contributed by atoms with Gasteiger partial charge in [-0.3, -0.25) is 0 Å². The molecule has 0 aromatic heterocycles. The second-order valence-electron chi connectivity index (χ2n) is 8.48. The molecular weight excluding hydrogens is 270 g/mol. The first-order valence-electron chi connectivity index (χ1n) is 8.55. The molecule has 6 rings (SSSR count). The summed E-state index contributed by atoms with van der Waals surface area (Å²) in [5.74, 6) is 0.411. The molecule has 4 heterocycles. The number of rotatable bonds is 0. The molecule has 118 valence electrons. The first-order chi connectivity index (χ1) is 9.86. The van der Waals surface area contributed by atoms with Gasteiger partial charge in [0.2, 0.25) is 0 Å². The minimum absolute atomic E-state index is 0.0337. The van der Waals surface area contributed by atoms with Crippen molar-refractivity contribution in [1.82, 2.24) is 0 Å². The fourth-order valence-electron chi connectivity index (χ4n) is 7.26. The van der Waals surface area contributed by atoms with E-state index in [-0.39, 0.29) is 22.8 Å². The summed E-state index contributed by atoms with van der Waals surface area (Å²) in [6.07, 6.45) is 3.95. The molecule has 2 saturated carbocycles. The van der Waals surface area contributed by atoms with Crippen LogP contribution in [-0.2, 0) is 4.74 Å². The normalized spacial score (nSPS) is 68.0. The highest BCUT2D eigenvalue weighted by Crippen LogP contribution is 2.69. The third kappa shape index (κ3) is 1.12. The van der Waals surface area contributed by atoms with E-state index in [9.17, 15) is 15.4 Å². The van der Waals surface area contributed by atoms with Gasteiger partial charge in [0.15, 0.2) is 5.60 Å². The molecule has 4 aliphatic heterocycles. The zero-order valence-corrected chi connectivity index (χ0v) is 12.6. The summed E-state index contributed by atoms with van der Waals surface area (Å²) in [4.78, 5) is 0. The maximum atomic E-state index is 13.7. The summed E-state index contributed by atoms with van der Waals surface area (Å²) in [5.41, 5.74) is -3.19. The summed E-state index contributed by atoms with van der Waals surface area (Å²) in [6, 6.07) is 0. The second-order valence-corrected chi connectivity index (χ2v) is 8.48. The van der Waals surface area contributed by atoms with Gasteiger partial charge < -0.3 is 24.8 Å². The lowest BCUT2D eigenvalue weighted by Crippen LogP contribution is -2.95. The van der Waals surface area contributed by atoms with Crippen LogP contribution < -0.4 is 0 Å². The monoisotopic (exact) mass is 295 g/mol. The van der Waals surface area contributed by atoms with Crippen LogP contribution in [0.25, 0.3) is 0 Å². The van der Waals surface area contributed by atoms with Crippen LogP contribution in [0.5, 0.6) is 0 Å². The van der Waals surface area contributed by atoms with Crippen LogP contribution in [0.4, 0.5) is 0 Å². The van der Waals surface area contributed by atoms with Gasteiger partial charge >= 0.3 is 0 Å². The highest BCUT2D eigenvalue weighted by atomic mass is 16.6. The molecule has 21 heavy (non-hydrogen) atoms. The molecule has 5 nitrogen and oxygen atoms in total. The molecule has 0 aromatic rings. The van der Waals surface area contributed by atoms with Crippen molar-refractivity contribution in [2.24, 2.45) is 11.8 Å². The number of nitrogens with zero attached hydrogens (tertiary/aromatic N) is 1. The Balaban J connectivity index is 1.81. The van der Waals surface area contributed by atoms with Crippen molar-refractivity contribution in [3.05, 3.63) is 5.21 Å². The number of hydroxylamine groups is 3. The Bertz CT molecular complexity index is 515. The largest absolute Gasteiger partial charge is 0.632 e. The minimum atomic E-state index is -1.34. The smallest absolute Gasteiger partial charge is 0.175 e. The molecule has 6 fully saturated rings. The van der Waals surface area contributed by atoms with Crippen LogP contribution >= 0.6 is 0 Å². The van der Waals surface area contributed by atoms with E-state index < -0.39 is 16.7 Å². The Labute approximate surface area is 125 Å². The summed E-state index contributed by atoms with van der Waals surface area (Å²) in [6.45, 7) is 3.27. The first kappa shape index (κ1) is 13.3. The Morgan fingerprint density at radius 1 is 1.14 bits per heavy atom. The number of aliphatic hydroxyl groups is 2. The summed E-state index contributed by atoms with van der Waals surface area (Å²) < 4.78 is 5.88. The van der Waals surface area contributed by atoms with Gasteiger partial charge in [-0.15, -0.1) is 0 Å². The van der Waals surface area contributed by atoms with E-state index >= 15 is 0 Å². The van der Waals surface area contributed by atoms with Crippen molar-refractivity contribution in [2.75, 3.05) is 13.1 Å². The molecule has 6 aliphatic rings. The van der Waals surface area contributed by atoms with E-state index in [1.165, 1.54) is 0 Å². The van der Waals surface area contributed by atoms with Gasteiger partial charge in [0.1, 0.15) is 17.2 Å². The van der Waals surface area contributed by atoms with Gasteiger partial charge in [0.05, 0.1) is 19.2 Å². The molecule has 1 unspecified atom stereocenters. The molecule has 4 saturated heterocycles. The highest BCUT2D eigenvalue weighted by Gasteiger charge is 2.85. The molecule has 0 radical (unpaired) electrons. The number of piperidine rings is 2. The second kappa shape index (κ2) is 3.49. The summed E-state index contributed by atoms with van der Waals surface area (Å²) in [7, 11) is 0. The first-order valence-corrected chi connectivity index (χ1v) is 8.55. The SMILES string of the molecule is C[C@@H]1C[C@@]2(O)C[C@@H]3O[C@H]4CC[N+]5([O-])CCC[C@@H]3[C@@]5(C1)[C@]42O. The molecule has 0 aromatic carbocycles. The summed E-state index contributed by atoms with van der Waals surface area (Å²) >= 11 is 0. The molecule has 8 atom stereocenters. The number of ether oxygens (including phenoxy) is 1. The molecule has 2 aliphatic carbocycles. The third-order valence-corrected chi connectivity index (χ3v) is 7.64. The van der Waals surface area contributed by atoms with Crippen molar-refractivity contribution in [1.29, 1.82) is 0 Å². The van der Waals surface area contributed by atoms with Crippen LogP contribution in [0.2, 0.25) is 0 Å². The van der Waals surface area contributed by atoms with Crippen molar-refractivity contribution < 1.29 is 19.6 Å². The van der Waals surface area contributed by atoms with Crippen molar-refractivity contribution in [3.8, 4) is 0 Å². The van der Waals surface area contributed by atoms with Crippen LogP contribution in [0.1, 0.15) is 45.4 Å². The lowest BCUT2D eigenvalue weighted by atomic mass is 9.41. The van der Waals surface area contributed by atoms with E-state index in [4.69, 9.17) is 4.74 Å². The zero-order valence-electron chi connectivity index (χ0n) is 12.6. The van der Waals surface area contributed by atoms with E-state index in [0.29, 0.717) is 38.3 Å². The van der Waals surface area contributed by atoms with E-state index in [1.54, 1.807) is 0 Å². The number of hydrogen-bond acceptors (Lipinski definition) is 4. The molecule has 1 spiro atoms. The van der Waals surface area contributed by atoms with Crippen LogP contribution in [0.15, 0.2) is 0 Å². The van der Waals surface area contributed by atoms with E-state index in [0.717, 1.165) is 19.3 Å². The number of hydrogen-bond donors (Lipinski definition) is 2. The average Bonchev–Trinajstić information content (AvgIpc) is 2.39. The van der Waals surface area contributed by atoms with Gasteiger partial charge in [-0.05, 0) is 25.2 Å². The zero-order chi connectivity index (χ0) is 14.7. The van der Waals surface area contributed by atoms with Crippen LogP contribution in [0, 0.1) is 17.0 Å². The van der Waals surface area contributed by atoms with Crippen molar-refractivity contribution in [2.45, 2.75) is 74.4 Å². The van der Waals surface area contributed by atoms with Gasteiger partial charge in [0.25, 0.3) is 0 Å². The Morgan fingerprint density at radius 3 is 2.76 bits per heavy atom. The van der Waals surface area contributed by atoms with Crippen LogP contribution in [-0.4, -0.2) is 56.9 Å². The highest BCUT2D eigenvalue weighted by molar-refractivity contribution is 5.31. The Kier molecular flexibility index (Phi) is 2.20. The molecule has 0 amide bonds. The van der Waals surface area contributed by atoms with Gasteiger partial charge in [0, 0.05) is 25.2 Å². The average molecular weight is 295 g/mol. The lowest BCUT2D eigenvalue weighted by molar-refractivity contribution is -0.969. The third-order valence-electron chi connectivity index (χ3n) is 7.64. The topological polar surface area (TPSA) is 72.8 Å². The minimum Gasteiger partial charge on any atom is -0.632 e. The fourth-order valence-corrected chi connectivity index (χ4v) is 7.26. The standard InChI is InChI=1S/C16H25NO4/c1-10-7-14(18)9-12-11-3-2-5-17(20)6-4-13(21-12)16(14,19)15(11,17)8-10/h10-13,18-19H,2-9H2,1H3/t10-,11+,12+,13+,14-,15+,16+,17?/m1/s1. The van der Waals surface area contributed by atoms with E-state index in [2.05, 4.69) is 6.92 Å². The quantitative estimate of drug-likeness (QED) is 0.515. The fraction of sp³-hybridized carbons (Fsp3) is 1.00. The van der Waals surface area contributed by atoms with Gasteiger partial charge in [-0.1, -0.05) is 6.92 Å². The molecule has 5 heteroatoms.